The van der Waals surface area contributed by atoms with Crippen molar-refractivity contribution in [3.05, 3.63) is 58.9 Å². The van der Waals surface area contributed by atoms with Crippen LogP contribution in [0.25, 0.3) is 16.5 Å². The number of halogens is 2. The van der Waals surface area contributed by atoms with Crippen LogP contribution in [0.2, 0.25) is 0 Å². The molecule has 40 heavy (non-hydrogen) atoms. The van der Waals surface area contributed by atoms with Crippen LogP contribution in [-0.2, 0) is 15.5 Å². The van der Waals surface area contributed by atoms with Gasteiger partial charge in [0.25, 0.3) is 5.92 Å². The number of nitrogens with one attached hydrogen (secondary N) is 1. The molecule has 1 aliphatic carbocycles. The van der Waals surface area contributed by atoms with Crippen molar-refractivity contribution in [3.8, 4) is 5.75 Å². The molecule has 0 spiro atoms. The summed E-state index contributed by atoms with van der Waals surface area (Å²) in [5.74, 6) is -0.900. The second-order valence-corrected chi connectivity index (χ2v) is 10.6. The SMILES string of the molecule is COCC(F)(F)c1cc(N)cc([C@@H](C)Nc2nc(C)nc3cc(OC)c(C4=CCN(C(=O)C5CC5)CC4)cc23)c1. The maximum atomic E-state index is 14.6. The van der Waals surface area contributed by atoms with E-state index in [1.54, 1.807) is 20.1 Å². The molecular weight excluding hydrogens is 516 g/mol. The molecule has 3 N–H and O–H groups in total. The Morgan fingerprint density at radius 3 is 2.62 bits per heavy atom. The molecule has 1 aromatic heterocycles. The smallest absolute Gasteiger partial charge is 0.296 e. The molecule has 1 fully saturated rings. The summed E-state index contributed by atoms with van der Waals surface area (Å²) in [4.78, 5) is 23.7. The first kappa shape index (κ1) is 27.8. The lowest BCUT2D eigenvalue weighted by atomic mass is 9.96. The Kier molecular flexibility index (Phi) is 7.63. The first-order chi connectivity index (χ1) is 19.1. The van der Waals surface area contributed by atoms with E-state index >= 15 is 0 Å². The molecule has 1 saturated carbocycles. The number of nitrogens with two attached hydrogens (primary N) is 1. The van der Waals surface area contributed by atoms with Crippen LogP contribution in [0.5, 0.6) is 5.75 Å². The average molecular weight is 552 g/mol. The molecule has 5 rings (SSSR count). The van der Waals surface area contributed by atoms with Crippen molar-refractivity contribution in [2.75, 3.05) is 45.0 Å². The summed E-state index contributed by atoms with van der Waals surface area (Å²) in [5, 5.41) is 4.17. The van der Waals surface area contributed by atoms with Crippen LogP contribution < -0.4 is 15.8 Å². The highest BCUT2D eigenvalue weighted by molar-refractivity contribution is 5.94. The van der Waals surface area contributed by atoms with Crippen LogP contribution in [0.3, 0.4) is 0 Å². The van der Waals surface area contributed by atoms with E-state index in [-0.39, 0.29) is 29.1 Å². The summed E-state index contributed by atoms with van der Waals surface area (Å²) in [6, 6.07) is 7.90. The fraction of sp³-hybridized carbons (Fsp3) is 0.433. The quantitative estimate of drug-likeness (QED) is 0.340. The third-order valence-electron chi connectivity index (χ3n) is 7.50. The zero-order valence-electron chi connectivity index (χ0n) is 23.3. The number of nitrogens with zero attached hydrogens (tertiary/aromatic N) is 3. The minimum atomic E-state index is -3.17. The van der Waals surface area contributed by atoms with Crippen LogP contribution in [0.4, 0.5) is 20.3 Å². The van der Waals surface area contributed by atoms with E-state index in [4.69, 9.17) is 15.2 Å². The summed E-state index contributed by atoms with van der Waals surface area (Å²) in [5.41, 5.74) is 9.36. The van der Waals surface area contributed by atoms with Crippen LogP contribution >= 0.6 is 0 Å². The van der Waals surface area contributed by atoms with Crippen molar-refractivity contribution in [1.29, 1.82) is 0 Å². The Morgan fingerprint density at radius 2 is 1.98 bits per heavy atom. The number of aromatic nitrogens is 2. The number of alkyl halides is 2. The van der Waals surface area contributed by atoms with Gasteiger partial charge in [0.2, 0.25) is 5.91 Å². The largest absolute Gasteiger partial charge is 0.496 e. The minimum absolute atomic E-state index is 0.198. The number of hydrogen-bond donors (Lipinski definition) is 2. The van der Waals surface area contributed by atoms with Gasteiger partial charge in [0.05, 0.1) is 18.7 Å². The van der Waals surface area contributed by atoms with Gasteiger partial charge in [-0.15, -0.1) is 0 Å². The number of rotatable bonds is 9. The highest BCUT2D eigenvalue weighted by Gasteiger charge is 2.34. The average Bonchev–Trinajstić information content (AvgIpc) is 3.77. The highest BCUT2D eigenvalue weighted by atomic mass is 19.3. The summed E-state index contributed by atoms with van der Waals surface area (Å²) >= 11 is 0. The molecule has 0 radical (unpaired) electrons. The van der Waals surface area contributed by atoms with Gasteiger partial charge in [-0.3, -0.25) is 4.79 Å². The monoisotopic (exact) mass is 551 g/mol. The third-order valence-corrected chi connectivity index (χ3v) is 7.50. The summed E-state index contributed by atoms with van der Waals surface area (Å²) < 4.78 is 39.7. The zero-order valence-corrected chi connectivity index (χ0v) is 23.3. The third kappa shape index (κ3) is 5.72. The van der Waals surface area contributed by atoms with Gasteiger partial charge in [-0.1, -0.05) is 6.08 Å². The Labute approximate surface area is 232 Å². The molecule has 2 aliphatic rings. The van der Waals surface area contributed by atoms with Crippen LogP contribution in [0, 0.1) is 12.8 Å². The second-order valence-electron chi connectivity index (χ2n) is 10.6. The lowest BCUT2D eigenvalue weighted by Gasteiger charge is -2.27. The number of anilines is 2. The predicted octanol–water partition coefficient (Wildman–Crippen LogP) is 5.47. The lowest BCUT2D eigenvalue weighted by Crippen LogP contribution is -2.35. The Hall–Kier alpha value is -3.79. The van der Waals surface area contributed by atoms with E-state index in [0.29, 0.717) is 48.0 Å². The van der Waals surface area contributed by atoms with E-state index in [9.17, 15) is 13.6 Å². The summed E-state index contributed by atoms with van der Waals surface area (Å²) in [7, 11) is 2.87. The van der Waals surface area contributed by atoms with Gasteiger partial charge < -0.3 is 25.4 Å². The molecule has 1 amide bonds. The molecule has 0 unspecified atom stereocenters. The van der Waals surface area contributed by atoms with Gasteiger partial charge >= 0.3 is 0 Å². The van der Waals surface area contributed by atoms with Crippen molar-refractivity contribution >= 4 is 33.9 Å². The standard InChI is InChI=1S/C30H35F2N5O3/c1-17(21-11-22(13-23(33)12-21)30(31,32)16-39-3)34-28-25-14-24(27(40-4)15-26(25)35-18(2)36-28)19-7-9-37(10-8-19)29(38)20-5-6-20/h7,11-15,17,20H,5-6,8-10,16,33H2,1-4H3,(H,34,35,36)/t17-/m1/s1. The van der Waals surface area contributed by atoms with Crippen molar-refractivity contribution < 1.29 is 23.0 Å². The van der Waals surface area contributed by atoms with Crippen LogP contribution in [-0.4, -0.2) is 54.7 Å². The first-order valence-electron chi connectivity index (χ1n) is 13.5. The maximum absolute atomic E-state index is 14.6. The predicted molar refractivity (Wildman–Crippen MR) is 151 cm³/mol. The number of aryl methyl sites for hydroxylation is 1. The fourth-order valence-corrected chi connectivity index (χ4v) is 5.20. The molecule has 8 nitrogen and oxygen atoms in total. The Balaban J connectivity index is 1.48. The lowest BCUT2D eigenvalue weighted by molar-refractivity contribution is -0.132. The molecule has 2 heterocycles. The molecule has 1 atom stereocenters. The molecule has 1 aliphatic heterocycles. The molecule has 0 bridgehead atoms. The van der Waals surface area contributed by atoms with Gasteiger partial charge in [-0.2, -0.15) is 8.78 Å². The number of carbonyl (C=O) groups excluding carboxylic acids is 1. The number of carbonyl (C=O) groups is 1. The zero-order chi connectivity index (χ0) is 28.6. The van der Waals surface area contributed by atoms with E-state index in [2.05, 4.69) is 21.4 Å². The number of benzene rings is 2. The molecular formula is C30H35F2N5O3. The van der Waals surface area contributed by atoms with Gasteiger partial charge in [-0.25, -0.2) is 9.97 Å². The van der Waals surface area contributed by atoms with Crippen molar-refractivity contribution in [2.45, 2.75) is 45.1 Å². The minimum Gasteiger partial charge on any atom is -0.496 e. The van der Waals surface area contributed by atoms with Gasteiger partial charge in [0, 0.05) is 54.4 Å². The molecule has 10 heteroatoms. The van der Waals surface area contributed by atoms with Crippen LogP contribution in [0.15, 0.2) is 36.4 Å². The van der Waals surface area contributed by atoms with Crippen molar-refractivity contribution in [1.82, 2.24) is 14.9 Å². The Morgan fingerprint density at radius 1 is 1.20 bits per heavy atom. The summed E-state index contributed by atoms with van der Waals surface area (Å²) in [6.45, 7) is 4.18. The maximum Gasteiger partial charge on any atom is 0.296 e. The van der Waals surface area contributed by atoms with Crippen LogP contribution in [0.1, 0.15) is 54.7 Å². The van der Waals surface area contributed by atoms with Gasteiger partial charge in [0.1, 0.15) is 24.0 Å². The molecule has 0 saturated heterocycles. The van der Waals surface area contributed by atoms with Crippen molar-refractivity contribution in [2.24, 2.45) is 5.92 Å². The number of hydrogen-bond acceptors (Lipinski definition) is 7. The number of ether oxygens (including phenoxy) is 2. The highest BCUT2D eigenvalue weighted by Crippen LogP contribution is 2.38. The topological polar surface area (TPSA) is 103 Å². The first-order valence-corrected chi connectivity index (χ1v) is 13.5. The number of amides is 1. The normalized spacial score (nSPS) is 16.6. The van der Waals surface area contributed by atoms with E-state index in [1.165, 1.54) is 19.2 Å². The number of methoxy groups -OCH3 is 2. The molecule has 212 valence electrons. The van der Waals surface area contributed by atoms with E-state index in [0.717, 1.165) is 29.4 Å². The van der Waals surface area contributed by atoms with Gasteiger partial charge in [-0.05, 0) is 68.5 Å². The van der Waals surface area contributed by atoms with E-state index < -0.39 is 12.5 Å². The fourth-order valence-electron chi connectivity index (χ4n) is 5.20. The summed E-state index contributed by atoms with van der Waals surface area (Å²) in [6.07, 6.45) is 4.79. The van der Waals surface area contributed by atoms with Gasteiger partial charge in [0.15, 0.2) is 0 Å². The number of nitrogen functional groups attached to an aromatic ring is 1. The van der Waals surface area contributed by atoms with E-state index in [1.807, 2.05) is 24.0 Å². The molecule has 2 aromatic carbocycles. The number of fused-ring (bicyclic) bond motifs is 1. The second kappa shape index (κ2) is 11.0. The molecule has 3 aromatic rings. The Bertz CT molecular complexity index is 1470. The van der Waals surface area contributed by atoms with Crippen molar-refractivity contribution in [3.63, 3.8) is 0 Å².